The van der Waals surface area contributed by atoms with Gasteiger partial charge in [-0.15, -0.1) is 0 Å². The van der Waals surface area contributed by atoms with Gasteiger partial charge in [0.25, 0.3) is 0 Å². The number of hydrogen-bond donors (Lipinski definition) is 2. The molecule has 1 aromatic heterocycles. The van der Waals surface area contributed by atoms with E-state index in [1.807, 2.05) is 29.2 Å². The highest BCUT2D eigenvalue weighted by Gasteiger charge is 2.49. The van der Waals surface area contributed by atoms with Crippen molar-refractivity contribution in [1.82, 2.24) is 14.8 Å². The molecule has 3 aromatic rings. The van der Waals surface area contributed by atoms with Crippen LogP contribution in [0.3, 0.4) is 0 Å². The molecule has 3 atom stereocenters. The van der Waals surface area contributed by atoms with Crippen LogP contribution < -0.4 is 5.32 Å². The van der Waals surface area contributed by atoms with E-state index < -0.39 is 0 Å². The lowest BCUT2D eigenvalue weighted by molar-refractivity contribution is -0.0585. The van der Waals surface area contributed by atoms with Crippen molar-refractivity contribution in [3.63, 3.8) is 0 Å². The lowest BCUT2D eigenvalue weighted by Crippen LogP contribution is -2.68. The molecule has 0 unspecified atom stereocenters. The van der Waals surface area contributed by atoms with Crippen molar-refractivity contribution in [2.45, 2.75) is 30.8 Å². The Balaban J connectivity index is 1.32. The molecular formula is C29H29FN4O2. The summed E-state index contributed by atoms with van der Waals surface area (Å²) in [6.45, 7) is 2.16. The number of aromatic nitrogens is 1. The predicted octanol–water partition coefficient (Wildman–Crippen LogP) is 4.08. The topological polar surface area (TPSA) is 68.7 Å². The fraction of sp³-hybridized carbons (Fsp3) is 0.310. The van der Waals surface area contributed by atoms with Gasteiger partial charge in [-0.25, -0.2) is 9.18 Å². The Morgan fingerprint density at radius 1 is 1.06 bits per heavy atom. The molecule has 3 heterocycles. The van der Waals surface area contributed by atoms with Crippen LogP contribution >= 0.6 is 0 Å². The summed E-state index contributed by atoms with van der Waals surface area (Å²) >= 11 is 0. The molecule has 2 aliphatic heterocycles. The third-order valence-corrected chi connectivity index (χ3v) is 7.04. The van der Waals surface area contributed by atoms with E-state index in [1.165, 1.54) is 12.1 Å². The van der Waals surface area contributed by atoms with Crippen LogP contribution in [-0.2, 0) is 0 Å². The molecule has 2 amide bonds. The molecule has 36 heavy (non-hydrogen) atoms. The summed E-state index contributed by atoms with van der Waals surface area (Å²) in [5, 5.41) is 13.0. The van der Waals surface area contributed by atoms with E-state index in [0.29, 0.717) is 18.8 Å². The zero-order valence-electron chi connectivity index (χ0n) is 20.0. The van der Waals surface area contributed by atoms with E-state index in [4.69, 9.17) is 0 Å². The largest absolute Gasteiger partial charge is 0.395 e. The highest BCUT2D eigenvalue weighted by molar-refractivity contribution is 5.89. The Morgan fingerprint density at radius 2 is 1.86 bits per heavy atom. The number of nitrogens with zero attached hydrogens (tertiary/aromatic N) is 3. The molecule has 2 saturated heterocycles. The van der Waals surface area contributed by atoms with Crippen LogP contribution in [0.15, 0.2) is 73.1 Å². The van der Waals surface area contributed by atoms with Gasteiger partial charge in [0, 0.05) is 60.3 Å². The molecule has 0 saturated carbocycles. The van der Waals surface area contributed by atoms with Crippen LogP contribution in [-0.4, -0.2) is 64.2 Å². The maximum absolute atomic E-state index is 13.6. The van der Waals surface area contributed by atoms with Crippen LogP contribution in [0.25, 0.3) is 0 Å². The molecule has 2 fully saturated rings. The van der Waals surface area contributed by atoms with Gasteiger partial charge in [0.05, 0.1) is 6.61 Å². The number of aliphatic hydroxyl groups excluding tert-OH is 1. The summed E-state index contributed by atoms with van der Waals surface area (Å²) in [7, 11) is 0. The summed E-state index contributed by atoms with van der Waals surface area (Å²) in [5.41, 5.74) is 3.35. The lowest BCUT2D eigenvalue weighted by atomic mass is 9.74. The molecule has 7 heteroatoms. The van der Waals surface area contributed by atoms with Crippen molar-refractivity contribution in [3.05, 3.63) is 95.6 Å². The molecule has 6 nitrogen and oxygen atoms in total. The molecule has 2 N–H and O–H groups in total. The van der Waals surface area contributed by atoms with Gasteiger partial charge < -0.3 is 15.3 Å². The van der Waals surface area contributed by atoms with Crippen LogP contribution in [0.5, 0.6) is 0 Å². The Morgan fingerprint density at radius 3 is 2.61 bits per heavy atom. The summed E-state index contributed by atoms with van der Waals surface area (Å²) in [6, 6.07) is 17.8. The van der Waals surface area contributed by atoms with Crippen molar-refractivity contribution >= 4 is 11.7 Å². The van der Waals surface area contributed by atoms with E-state index in [-0.39, 0.29) is 36.5 Å². The standard InChI is InChI=1S/C29H29FN4O2/c30-24-6-3-7-25(17-24)32-29(36)33-15-1-2-16-34-26(19-33)28(27(34)20-35)23-12-10-21(11-13-23)8-9-22-5-4-14-31-18-22/h3-7,10-14,17-18,26-28,35H,1-2,15-16,19-20H2,(H,32,36)/t26-,27-,28-/m1/s1. The first kappa shape index (κ1) is 24.0. The maximum atomic E-state index is 13.6. The number of nitrogens with one attached hydrogen (secondary N) is 1. The van der Waals surface area contributed by atoms with Gasteiger partial charge in [-0.1, -0.05) is 30.0 Å². The molecule has 5 rings (SSSR count). The quantitative estimate of drug-likeness (QED) is 0.550. The second kappa shape index (κ2) is 10.9. The van der Waals surface area contributed by atoms with Gasteiger partial charge in [0.1, 0.15) is 5.82 Å². The molecule has 0 radical (unpaired) electrons. The Labute approximate surface area is 210 Å². The van der Waals surface area contributed by atoms with Gasteiger partial charge in [-0.05, 0) is 67.4 Å². The summed E-state index contributed by atoms with van der Waals surface area (Å²) in [5.74, 6) is 6.02. The molecule has 0 aliphatic carbocycles. The van der Waals surface area contributed by atoms with E-state index in [1.54, 1.807) is 24.5 Å². The Bertz CT molecular complexity index is 1260. The number of halogens is 1. The minimum absolute atomic E-state index is 0.0218. The van der Waals surface area contributed by atoms with Crippen molar-refractivity contribution in [1.29, 1.82) is 0 Å². The number of anilines is 1. The van der Waals surface area contributed by atoms with E-state index >= 15 is 0 Å². The minimum Gasteiger partial charge on any atom is -0.395 e. The van der Waals surface area contributed by atoms with Crippen molar-refractivity contribution in [2.24, 2.45) is 0 Å². The van der Waals surface area contributed by atoms with Crippen molar-refractivity contribution < 1.29 is 14.3 Å². The number of fused-ring (bicyclic) bond motifs is 1. The van der Waals surface area contributed by atoms with Crippen LogP contribution in [0.4, 0.5) is 14.9 Å². The summed E-state index contributed by atoms with van der Waals surface area (Å²) < 4.78 is 13.6. The Hall–Kier alpha value is -3.73. The first-order chi connectivity index (χ1) is 17.6. The number of rotatable bonds is 3. The first-order valence-corrected chi connectivity index (χ1v) is 12.3. The number of carbonyl (C=O) groups excluding carboxylic acids is 1. The van der Waals surface area contributed by atoms with Crippen LogP contribution in [0.2, 0.25) is 0 Å². The first-order valence-electron chi connectivity index (χ1n) is 12.3. The van der Waals surface area contributed by atoms with E-state index in [2.05, 4.69) is 39.2 Å². The average molecular weight is 485 g/mol. The zero-order valence-corrected chi connectivity index (χ0v) is 20.0. The maximum Gasteiger partial charge on any atom is 0.321 e. The van der Waals surface area contributed by atoms with Gasteiger partial charge in [-0.3, -0.25) is 9.88 Å². The Kier molecular flexibility index (Phi) is 7.26. The van der Waals surface area contributed by atoms with E-state index in [0.717, 1.165) is 36.1 Å². The van der Waals surface area contributed by atoms with Crippen LogP contribution in [0.1, 0.15) is 35.4 Å². The zero-order chi connectivity index (χ0) is 24.9. The normalized spacial score (nSPS) is 21.7. The monoisotopic (exact) mass is 484 g/mol. The summed E-state index contributed by atoms with van der Waals surface area (Å²) in [6.07, 6.45) is 5.29. The number of carbonyl (C=O) groups is 1. The molecule has 2 aliphatic rings. The molecule has 2 aromatic carbocycles. The van der Waals surface area contributed by atoms with Gasteiger partial charge in [0.2, 0.25) is 0 Å². The molecule has 0 bridgehead atoms. The summed E-state index contributed by atoms with van der Waals surface area (Å²) in [4.78, 5) is 21.3. The number of hydrogen-bond acceptors (Lipinski definition) is 4. The van der Waals surface area contributed by atoms with Gasteiger partial charge in [0.15, 0.2) is 0 Å². The number of benzene rings is 2. The van der Waals surface area contributed by atoms with Crippen molar-refractivity contribution in [3.8, 4) is 11.8 Å². The van der Waals surface area contributed by atoms with Gasteiger partial charge in [-0.2, -0.15) is 0 Å². The van der Waals surface area contributed by atoms with Crippen LogP contribution in [0, 0.1) is 17.7 Å². The predicted molar refractivity (Wildman–Crippen MR) is 137 cm³/mol. The van der Waals surface area contributed by atoms with Gasteiger partial charge >= 0.3 is 6.03 Å². The number of pyridine rings is 1. The SMILES string of the molecule is O=C(Nc1cccc(F)c1)N1CCCCN2[C@H](CO)[C@H](c3ccc(C#Cc4cccnc4)cc3)[C@H]2C1. The second-order valence-electron chi connectivity index (χ2n) is 9.29. The molecule has 184 valence electrons. The average Bonchev–Trinajstić information content (AvgIpc) is 2.88. The lowest BCUT2D eigenvalue weighted by Gasteiger charge is -2.57. The third kappa shape index (κ3) is 5.25. The smallest absolute Gasteiger partial charge is 0.321 e. The molecular weight excluding hydrogens is 455 g/mol. The minimum atomic E-state index is -0.384. The number of aliphatic hydroxyl groups is 1. The fourth-order valence-corrected chi connectivity index (χ4v) is 5.26. The second-order valence-corrected chi connectivity index (χ2v) is 9.29. The number of amides is 2. The number of urea groups is 1. The highest BCUT2D eigenvalue weighted by atomic mass is 19.1. The van der Waals surface area contributed by atoms with E-state index in [9.17, 15) is 14.3 Å². The third-order valence-electron chi connectivity index (χ3n) is 7.04. The fourth-order valence-electron chi connectivity index (χ4n) is 5.26. The van der Waals surface area contributed by atoms with Crippen molar-refractivity contribution in [2.75, 3.05) is 31.6 Å². The molecule has 0 spiro atoms. The highest BCUT2D eigenvalue weighted by Crippen LogP contribution is 2.42.